The van der Waals surface area contributed by atoms with Gasteiger partial charge in [-0.15, -0.1) is 0 Å². The van der Waals surface area contributed by atoms with Crippen molar-refractivity contribution in [2.24, 2.45) is 0 Å². The van der Waals surface area contributed by atoms with Crippen LogP contribution in [-0.4, -0.2) is 38.3 Å². The molecule has 1 heterocycles. The minimum absolute atomic E-state index is 0.159. The van der Waals surface area contributed by atoms with Gasteiger partial charge in [0.05, 0.1) is 17.1 Å². The second-order valence-corrected chi connectivity index (χ2v) is 9.27. The number of likely N-dealkylation sites (N-methyl/N-ethyl adjacent to an activating group) is 1. The first-order valence-electron chi connectivity index (χ1n) is 8.66. The third-order valence-electron chi connectivity index (χ3n) is 4.78. The van der Waals surface area contributed by atoms with Crippen molar-refractivity contribution in [3.63, 3.8) is 0 Å². The molecule has 5 nitrogen and oxygen atoms in total. The Morgan fingerprint density at radius 1 is 1.24 bits per heavy atom. The van der Waals surface area contributed by atoms with Gasteiger partial charge < -0.3 is 4.90 Å². The Morgan fingerprint density at radius 3 is 2.55 bits per heavy atom. The van der Waals surface area contributed by atoms with Crippen molar-refractivity contribution in [1.82, 2.24) is 4.31 Å². The van der Waals surface area contributed by atoms with Gasteiger partial charge in [0.2, 0.25) is 15.9 Å². The highest BCUT2D eigenvalue weighted by molar-refractivity contribution is 7.89. The molecule has 3 rings (SSSR count). The minimum atomic E-state index is -4.72. The van der Waals surface area contributed by atoms with E-state index < -0.39 is 39.1 Å². The lowest BCUT2D eigenvalue weighted by Gasteiger charge is -2.26. The normalized spacial score (nSPS) is 16.9. The van der Waals surface area contributed by atoms with Crippen molar-refractivity contribution >= 4 is 33.2 Å². The molecule has 2 aromatic carbocycles. The van der Waals surface area contributed by atoms with Crippen LogP contribution in [0.25, 0.3) is 0 Å². The molecule has 1 amide bonds. The number of hydrogen-bond acceptors (Lipinski definition) is 3. The molecule has 0 aliphatic carbocycles. The van der Waals surface area contributed by atoms with Crippen LogP contribution in [-0.2, 0) is 27.4 Å². The number of benzene rings is 2. The Bertz CT molecular complexity index is 1060. The largest absolute Gasteiger partial charge is 0.416 e. The van der Waals surface area contributed by atoms with Crippen molar-refractivity contribution in [2.45, 2.75) is 30.5 Å². The molecule has 0 fully saturated rings. The van der Waals surface area contributed by atoms with Gasteiger partial charge in [-0.1, -0.05) is 29.8 Å². The molecule has 10 heteroatoms. The maximum Gasteiger partial charge on any atom is 0.416 e. The third-order valence-corrected chi connectivity index (χ3v) is 7.07. The van der Waals surface area contributed by atoms with Crippen molar-refractivity contribution in [3.05, 3.63) is 58.6 Å². The maximum atomic E-state index is 13.0. The lowest BCUT2D eigenvalue weighted by molar-refractivity contribution is -0.137. The first-order valence-corrected chi connectivity index (χ1v) is 10.5. The van der Waals surface area contributed by atoms with Crippen LogP contribution in [0.3, 0.4) is 0 Å². The summed E-state index contributed by atoms with van der Waals surface area (Å²) >= 11 is 5.86. The van der Waals surface area contributed by atoms with E-state index in [1.165, 1.54) is 4.90 Å². The standard InChI is InChI=1S/C19H18ClF3N2O3S/c1-12-9-13-5-3-4-6-16(13)25(12)18(26)11-24(2)29(27,28)17-10-14(19(21,22)23)7-8-15(17)20/h3-8,10,12H,9,11H2,1-2H3/t12-/m0/s1. The van der Waals surface area contributed by atoms with Crippen molar-refractivity contribution in [1.29, 1.82) is 0 Å². The summed E-state index contributed by atoms with van der Waals surface area (Å²) in [5.41, 5.74) is 0.537. The first kappa shape index (κ1) is 21.6. The van der Waals surface area contributed by atoms with Gasteiger partial charge in [0.25, 0.3) is 0 Å². The number of para-hydroxylation sites is 1. The highest BCUT2D eigenvalue weighted by Gasteiger charge is 2.36. The molecule has 2 aromatic rings. The second-order valence-electron chi connectivity index (χ2n) is 6.85. The van der Waals surface area contributed by atoms with Gasteiger partial charge in [-0.25, -0.2) is 8.42 Å². The number of amides is 1. The number of anilines is 1. The van der Waals surface area contributed by atoms with Gasteiger partial charge in [-0.05, 0) is 43.2 Å². The molecule has 29 heavy (non-hydrogen) atoms. The lowest BCUT2D eigenvalue weighted by Crippen LogP contribution is -2.43. The molecule has 0 aromatic heterocycles. The van der Waals surface area contributed by atoms with E-state index in [1.54, 1.807) is 12.1 Å². The number of carbonyl (C=O) groups is 1. The van der Waals surface area contributed by atoms with Gasteiger partial charge in [0.15, 0.2) is 0 Å². The molecule has 0 spiro atoms. The Morgan fingerprint density at radius 2 is 1.90 bits per heavy atom. The molecule has 0 saturated carbocycles. The Labute approximate surface area is 171 Å². The van der Waals surface area contributed by atoms with Crippen LogP contribution in [0.1, 0.15) is 18.1 Å². The molecule has 0 saturated heterocycles. The average Bonchev–Trinajstić information content (AvgIpc) is 2.96. The molecule has 0 radical (unpaired) electrons. The van der Waals surface area contributed by atoms with Crippen LogP contribution < -0.4 is 4.90 Å². The summed E-state index contributed by atoms with van der Waals surface area (Å²) in [6.45, 7) is 1.31. The summed E-state index contributed by atoms with van der Waals surface area (Å²) in [4.78, 5) is 13.6. The molecule has 1 aliphatic rings. The Kier molecular flexibility index (Phi) is 5.68. The van der Waals surface area contributed by atoms with E-state index >= 15 is 0 Å². The summed E-state index contributed by atoms with van der Waals surface area (Å²) in [5.74, 6) is -0.475. The summed E-state index contributed by atoms with van der Waals surface area (Å²) in [5, 5.41) is -0.350. The predicted molar refractivity (Wildman–Crippen MR) is 103 cm³/mol. The molecular formula is C19H18ClF3N2O3S. The van der Waals surface area contributed by atoms with Crippen LogP contribution >= 0.6 is 11.6 Å². The average molecular weight is 447 g/mol. The number of alkyl halides is 3. The number of halogens is 4. The van der Waals surface area contributed by atoms with Crippen LogP contribution in [0.15, 0.2) is 47.4 Å². The lowest BCUT2D eigenvalue weighted by atomic mass is 10.1. The number of nitrogens with zero attached hydrogens (tertiary/aromatic N) is 2. The van der Waals surface area contributed by atoms with Crippen molar-refractivity contribution in [3.8, 4) is 0 Å². The van der Waals surface area contributed by atoms with Gasteiger partial charge in [-0.2, -0.15) is 17.5 Å². The summed E-state index contributed by atoms with van der Waals surface area (Å²) in [7, 11) is -3.28. The Hall–Kier alpha value is -2.10. The zero-order valence-corrected chi connectivity index (χ0v) is 17.1. The maximum absolute atomic E-state index is 13.0. The second kappa shape index (κ2) is 7.62. The highest BCUT2D eigenvalue weighted by atomic mass is 35.5. The SMILES string of the molecule is C[C@H]1Cc2ccccc2N1C(=O)CN(C)S(=O)(=O)c1cc(C(F)(F)F)ccc1Cl. The molecule has 1 aliphatic heterocycles. The molecule has 0 N–H and O–H groups in total. The first-order chi connectivity index (χ1) is 13.4. The minimum Gasteiger partial charge on any atom is -0.308 e. The van der Waals surface area contributed by atoms with Gasteiger partial charge in [-0.3, -0.25) is 4.79 Å². The van der Waals surface area contributed by atoms with E-state index in [4.69, 9.17) is 11.6 Å². The zero-order valence-electron chi connectivity index (χ0n) is 15.6. The predicted octanol–water partition coefficient (Wildman–Crippen LogP) is 3.96. The Balaban J connectivity index is 1.87. The van der Waals surface area contributed by atoms with Gasteiger partial charge >= 0.3 is 6.18 Å². The van der Waals surface area contributed by atoms with E-state index in [0.717, 1.165) is 18.7 Å². The van der Waals surface area contributed by atoms with Crippen LogP contribution in [0.2, 0.25) is 5.02 Å². The number of sulfonamides is 1. The van der Waals surface area contributed by atoms with E-state index in [9.17, 15) is 26.4 Å². The van der Waals surface area contributed by atoms with Gasteiger partial charge in [0, 0.05) is 18.8 Å². The van der Waals surface area contributed by atoms with Crippen LogP contribution in [0, 0.1) is 0 Å². The van der Waals surface area contributed by atoms with Crippen molar-refractivity contribution < 1.29 is 26.4 Å². The smallest absolute Gasteiger partial charge is 0.308 e. The van der Waals surface area contributed by atoms with Gasteiger partial charge in [0.1, 0.15) is 4.90 Å². The van der Waals surface area contributed by atoms with E-state index in [2.05, 4.69) is 0 Å². The van der Waals surface area contributed by atoms with E-state index in [0.29, 0.717) is 28.5 Å². The summed E-state index contributed by atoms with van der Waals surface area (Å²) in [6.07, 6.45) is -4.09. The van der Waals surface area contributed by atoms with Crippen LogP contribution in [0.5, 0.6) is 0 Å². The zero-order chi connectivity index (χ0) is 21.6. The van der Waals surface area contributed by atoms with Crippen molar-refractivity contribution in [2.75, 3.05) is 18.5 Å². The molecule has 0 bridgehead atoms. The topological polar surface area (TPSA) is 57.7 Å². The summed E-state index contributed by atoms with van der Waals surface area (Å²) in [6, 6.07) is 9.20. The fraction of sp³-hybridized carbons (Fsp3) is 0.316. The number of fused-ring (bicyclic) bond motifs is 1. The highest BCUT2D eigenvalue weighted by Crippen LogP contribution is 2.35. The van der Waals surface area contributed by atoms with Crippen LogP contribution in [0.4, 0.5) is 18.9 Å². The van der Waals surface area contributed by atoms with E-state index in [-0.39, 0.29) is 11.1 Å². The molecule has 0 unspecified atom stereocenters. The number of rotatable bonds is 4. The quantitative estimate of drug-likeness (QED) is 0.714. The molecule has 156 valence electrons. The third kappa shape index (κ3) is 4.12. The number of carbonyl (C=O) groups excluding carboxylic acids is 1. The van der Waals surface area contributed by atoms with E-state index in [1.807, 2.05) is 19.1 Å². The fourth-order valence-corrected chi connectivity index (χ4v) is 4.96. The summed E-state index contributed by atoms with van der Waals surface area (Å²) < 4.78 is 65.3. The number of hydrogen-bond donors (Lipinski definition) is 0. The molecule has 1 atom stereocenters. The monoisotopic (exact) mass is 446 g/mol. The molecular weight excluding hydrogens is 429 g/mol. The fourth-order valence-electron chi connectivity index (χ4n) is 3.34.